The first-order chi connectivity index (χ1) is 10.0. The molecule has 0 aromatic carbocycles. The smallest absolute Gasteiger partial charge is 0.174 e. The van der Waals surface area contributed by atoms with Crippen molar-refractivity contribution in [2.75, 3.05) is 32.2 Å². The second kappa shape index (κ2) is 6.28. The maximum absolute atomic E-state index is 9.01. The predicted octanol–water partition coefficient (Wildman–Crippen LogP) is 0.643. The van der Waals surface area contributed by atoms with Crippen LogP contribution in [0.25, 0.3) is 0 Å². The molecule has 21 heavy (non-hydrogen) atoms. The number of rotatable bonds is 4. The number of pyridine rings is 1. The molecule has 116 valence electrons. The third kappa shape index (κ3) is 2.93. The minimum atomic E-state index is -0.0103. The van der Waals surface area contributed by atoms with Crippen LogP contribution in [0.1, 0.15) is 17.0 Å². The number of aryl methyl sites for hydroxylation is 2. The van der Waals surface area contributed by atoms with Gasteiger partial charge >= 0.3 is 0 Å². The monoisotopic (exact) mass is 294 g/mol. The molecule has 0 amide bonds. The van der Waals surface area contributed by atoms with E-state index in [9.17, 15) is 0 Å². The summed E-state index contributed by atoms with van der Waals surface area (Å²) in [6.07, 6.45) is -0.0205. The molecule has 2 rings (SSSR count). The van der Waals surface area contributed by atoms with Crippen molar-refractivity contribution < 1.29 is 14.7 Å². The second-order valence-corrected chi connectivity index (χ2v) is 5.18. The maximum Gasteiger partial charge on any atom is 0.174 e. The van der Waals surface area contributed by atoms with E-state index in [1.807, 2.05) is 19.9 Å². The number of methoxy groups -OCH3 is 2. The van der Waals surface area contributed by atoms with Gasteiger partial charge in [-0.1, -0.05) is 5.16 Å². The standard InChI is InChI=1S/C14H22N4O3/c1-8-5-10(13(9(2)16-8)14(15)17-19)18-6-11(20-3)12(7-18)21-4/h5,11-12,19H,6-7H2,1-4H3,(H2,15,17). The van der Waals surface area contributed by atoms with Gasteiger partial charge in [0.15, 0.2) is 5.84 Å². The zero-order valence-corrected chi connectivity index (χ0v) is 12.8. The fraction of sp³-hybridized carbons (Fsp3) is 0.571. The summed E-state index contributed by atoms with van der Waals surface area (Å²) in [5, 5.41) is 12.1. The fourth-order valence-electron chi connectivity index (χ4n) is 2.82. The SMILES string of the molecule is COC1CN(c2cc(C)nc(C)c2/C(N)=N/O)CC1OC. The van der Waals surface area contributed by atoms with Gasteiger partial charge in [0.1, 0.15) is 12.2 Å². The Balaban J connectivity index is 2.44. The van der Waals surface area contributed by atoms with Crippen LogP contribution in [0, 0.1) is 13.8 Å². The van der Waals surface area contributed by atoms with Gasteiger partial charge in [0.25, 0.3) is 0 Å². The van der Waals surface area contributed by atoms with E-state index in [4.69, 9.17) is 20.4 Å². The zero-order chi connectivity index (χ0) is 15.6. The molecule has 1 aromatic heterocycles. The van der Waals surface area contributed by atoms with E-state index < -0.39 is 0 Å². The van der Waals surface area contributed by atoms with Crippen LogP contribution in [0.15, 0.2) is 11.2 Å². The lowest BCUT2D eigenvalue weighted by Crippen LogP contribution is -2.27. The third-order valence-electron chi connectivity index (χ3n) is 3.83. The van der Waals surface area contributed by atoms with Gasteiger partial charge in [0.2, 0.25) is 0 Å². The Kier molecular flexibility index (Phi) is 4.64. The molecule has 0 spiro atoms. The molecule has 7 nitrogen and oxygen atoms in total. The number of nitrogens with two attached hydrogens (primary N) is 1. The molecule has 2 atom stereocenters. The highest BCUT2D eigenvalue weighted by Gasteiger charge is 2.34. The van der Waals surface area contributed by atoms with Crippen LogP contribution in [0.4, 0.5) is 5.69 Å². The summed E-state index contributed by atoms with van der Waals surface area (Å²) in [7, 11) is 3.35. The van der Waals surface area contributed by atoms with Crippen LogP contribution < -0.4 is 10.6 Å². The van der Waals surface area contributed by atoms with Crippen molar-refractivity contribution >= 4 is 11.5 Å². The molecule has 2 unspecified atom stereocenters. The van der Waals surface area contributed by atoms with Crippen molar-refractivity contribution in [1.82, 2.24) is 4.98 Å². The van der Waals surface area contributed by atoms with E-state index in [1.54, 1.807) is 14.2 Å². The second-order valence-electron chi connectivity index (χ2n) is 5.18. The minimum absolute atomic E-state index is 0.0103. The Morgan fingerprint density at radius 2 is 1.90 bits per heavy atom. The number of amidine groups is 1. The molecule has 1 fully saturated rings. The van der Waals surface area contributed by atoms with E-state index in [0.29, 0.717) is 18.7 Å². The largest absolute Gasteiger partial charge is 0.409 e. The summed E-state index contributed by atoms with van der Waals surface area (Å²) in [4.78, 5) is 6.51. The normalized spacial score (nSPS) is 22.9. The Bertz CT molecular complexity index is 535. The van der Waals surface area contributed by atoms with Crippen molar-refractivity contribution in [3.8, 4) is 0 Å². The molecule has 0 saturated carbocycles. The Hall–Kier alpha value is -1.86. The molecule has 1 aliphatic rings. The van der Waals surface area contributed by atoms with Crippen molar-refractivity contribution in [3.63, 3.8) is 0 Å². The van der Waals surface area contributed by atoms with Crippen molar-refractivity contribution in [2.24, 2.45) is 10.9 Å². The van der Waals surface area contributed by atoms with Crippen molar-refractivity contribution in [2.45, 2.75) is 26.1 Å². The minimum Gasteiger partial charge on any atom is -0.409 e. The topological polar surface area (TPSA) is 93.2 Å². The first kappa shape index (κ1) is 15.5. The lowest BCUT2D eigenvalue weighted by Gasteiger charge is -2.22. The molecule has 0 bridgehead atoms. The Morgan fingerprint density at radius 3 is 2.38 bits per heavy atom. The number of aromatic nitrogens is 1. The van der Waals surface area contributed by atoms with Gasteiger partial charge in [-0.05, 0) is 19.9 Å². The van der Waals surface area contributed by atoms with Gasteiger partial charge in [-0.25, -0.2) is 0 Å². The van der Waals surface area contributed by atoms with Crippen LogP contribution >= 0.6 is 0 Å². The van der Waals surface area contributed by atoms with E-state index in [1.165, 1.54) is 0 Å². The van der Waals surface area contributed by atoms with Gasteiger partial charge in [0, 0.05) is 33.0 Å². The van der Waals surface area contributed by atoms with Crippen LogP contribution in [0.3, 0.4) is 0 Å². The number of hydrogen-bond donors (Lipinski definition) is 2. The molecular formula is C14H22N4O3. The summed E-state index contributed by atoms with van der Waals surface area (Å²) in [6, 6.07) is 1.94. The highest BCUT2D eigenvalue weighted by atomic mass is 16.5. The summed E-state index contributed by atoms with van der Waals surface area (Å²) < 4.78 is 10.9. The Morgan fingerprint density at radius 1 is 1.33 bits per heavy atom. The average Bonchev–Trinajstić information content (AvgIpc) is 2.88. The number of anilines is 1. The lowest BCUT2D eigenvalue weighted by atomic mass is 10.1. The van der Waals surface area contributed by atoms with Gasteiger partial charge in [-0.15, -0.1) is 0 Å². The van der Waals surface area contributed by atoms with Gasteiger partial charge < -0.3 is 25.3 Å². The van der Waals surface area contributed by atoms with E-state index in [2.05, 4.69) is 15.0 Å². The van der Waals surface area contributed by atoms with Gasteiger partial charge in [-0.3, -0.25) is 4.98 Å². The lowest BCUT2D eigenvalue weighted by molar-refractivity contribution is -0.00461. The molecule has 7 heteroatoms. The highest BCUT2D eigenvalue weighted by molar-refractivity contribution is 6.03. The highest BCUT2D eigenvalue weighted by Crippen LogP contribution is 2.29. The van der Waals surface area contributed by atoms with Crippen LogP contribution in [0.5, 0.6) is 0 Å². The number of hydrogen-bond acceptors (Lipinski definition) is 6. The fourth-order valence-corrected chi connectivity index (χ4v) is 2.82. The predicted molar refractivity (Wildman–Crippen MR) is 80.0 cm³/mol. The maximum atomic E-state index is 9.01. The summed E-state index contributed by atoms with van der Waals surface area (Å²) in [6.45, 7) is 5.14. The van der Waals surface area contributed by atoms with Crippen LogP contribution in [-0.2, 0) is 9.47 Å². The molecule has 0 radical (unpaired) electrons. The molecule has 2 heterocycles. The molecule has 1 saturated heterocycles. The summed E-state index contributed by atoms with van der Waals surface area (Å²) in [5.41, 5.74) is 8.97. The van der Waals surface area contributed by atoms with Crippen molar-refractivity contribution in [1.29, 1.82) is 0 Å². The molecule has 0 aliphatic carbocycles. The molecule has 1 aromatic rings. The van der Waals surface area contributed by atoms with Crippen LogP contribution in [0.2, 0.25) is 0 Å². The number of ether oxygens (including phenoxy) is 2. The zero-order valence-electron chi connectivity index (χ0n) is 12.8. The molecule has 3 N–H and O–H groups in total. The number of oxime groups is 1. The summed E-state index contributed by atoms with van der Waals surface area (Å²) in [5.74, 6) is 0.0600. The van der Waals surface area contributed by atoms with E-state index in [-0.39, 0.29) is 18.0 Å². The van der Waals surface area contributed by atoms with Gasteiger partial charge in [-0.2, -0.15) is 0 Å². The number of nitrogens with zero attached hydrogens (tertiary/aromatic N) is 3. The van der Waals surface area contributed by atoms with E-state index >= 15 is 0 Å². The molecule has 1 aliphatic heterocycles. The first-order valence-corrected chi connectivity index (χ1v) is 6.78. The summed E-state index contributed by atoms with van der Waals surface area (Å²) >= 11 is 0. The quantitative estimate of drug-likeness (QED) is 0.366. The van der Waals surface area contributed by atoms with Crippen LogP contribution in [-0.4, -0.2) is 55.5 Å². The van der Waals surface area contributed by atoms with Crippen molar-refractivity contribution in [3.05, 3.63) is 23.0 Å². The van der Waals surface area contributed by atoms with E-state index in [0.717, 1.165) is 17.1 Å². The third-order valence-corrected chi connectivity index (χ3v) is 3.83. The molecular weight excluding hydrogens is 272 g/mol. The average molecular weight is 294 g/mol. The first-order valence-electron chi connectivity index (χ1n) is 6.78. The van der Waals surface area contributed by atoms with Gasteiger partial charge in [0.05, 0.1) is 16.9 Å². The Labute approximate surface area is 124 Å².